The summed E-state index contributed by atoms with van der Waals surface area (Å²) in [4.78, 5) is 15.2. The van der Waals surface area contributed by atoms with Gasteiger partial charge in [-0.25, -0.2) is 0 Å². The van der Waals surface area contributed by atoms with Gasteiger partial charge in [-0.1, -0.05) is 6.92 Å². The molecule has 2 heterocycles. The van der Waals surface area contributed by atoms with Crippen molar-refractivity contribution in [3.05, 3.63) is 0 Å². The minimum atomic E-state index is 0.183. The van der Waals surface area contributed by atoms with Crippen molar-refractivity contribution in [3.63, 3.8) is 0 Å². The molecular weight excluding hydrogens is 258 g/mol. The minimum Gasteiger partial charge on any atom is -0.464 e. The van der Waals surface area contributed by atoms with Crippen LogP contribution in [0, 0.1) is 0 Å². The Hall–Kier alpha value is -1.63. The number of anilines is 2. The van der Waals surface area contributed by atoms with E-state index in [-0.39, 0.29) is 6.10 Å². The second-order valence-electron chi connectivity index (χ2n) is 4.73. The normalized spacial score (nSPS) is 18.9. The van der Waals surface area contributed by atoms with Gasteiger partial charge in [-0.3, -0.25) is 0 Å². The SMILES string of the molecule is CCCNc1nc(OCC)nc(N2CCOC(C)C2)n1. The summed E-state index contributed by atoms with van der Waals surface area (Å²) in [5.41, 5.74) is 0. The standard InChI is InChI=1S/C13H23N5O2/c1-4-6-14-11-15-12(17-13(16-11)19-5-2)18-7-8-20-10(3)9-18/h10H,4-9H2,1-3H3,(H,14,15,16,17). The zero-order chi connectivity index (χ0) is 14.4. The van der Waals surface area contributed by atoms with Gasteiger partial charge in [0.25, 0.3) is 0 Å². The molecule has 112 valence electrons. The second-order valence-corrected chi connectivity index (χ2v) is 4.73. The van der Waals surface area contributed by atoms with Gasteiger partial charge in [0, 0.05) is 19.6 Å². The highest BCUT2D eigenvalue weighted by Crippen LogP contribution is 2.17. The van der Waals surface area contributed by atoms with E-state index in [2.05, 4.69) is 32.1 Å². The number of aromatic nitrogens is 3. The van der Waals surface area contributed by atoms with Gasteiger partial charge in [0.15, 0.2) is 0 Å². The largest absolute Gasteiger partial charge is 0.464 e. The quantitative estimate of drug-likeness (QED) is 0.843. The van der Waals surface area contributed by atoms with Crippen LogP contribution in [0.2, 0.25) is 0 Å². The number of hydrogen-bond acceptors (Lipinski definition) is 7. The molecule has 1 aromatic heterocycles. The molecular formula is C13H23N5O2. The topological polar surface area (TPSA) is 72.4 Å². The molecule has 1 N–H and O–H groups in total. The highest BCUT2D eigenvalue weighted by atomic mass is 16.5. The molecule has 1 atom stereocenters. The zero-order valence-corrected chi connectivity index (χ0v) is 12.4. The van der Waals surface area contributed by atoms with E-state index in [9.17, 15) is 0 Å². The van der Waals surface area contributed by atoms with Gasteiger partial charge in [-0.2, -0.15) is 15.0 Å². The molecule has 0 saturated carbocycles. The molecule has 1 aliphatic rings. The number of nitrogens with one attached hydrogen (secondary N) is 1. The van der Waals surface area contributed by atoms with Crippen LogP contribution in [0.15, 0.2) is 0 Å². The van der Waals surface area contributed by atoms with Crippen LogP contribution in [0.5, 0.6) is 6.01 Å². The van der Waals surface area contributed by atoms with Gasteiger partial charge < -0.3 is 19.7 Å². The molecule has 20 heavy (non-hydrogen) atoms. The smallest absolute Gasteiger partial charge is 0.323 e. The third kappa shape index (κ3) is 3.93. The Morgan fingerprint density at radius 1 is 1.35 bits per heavy atom. The van der Waals surface area contributed by atoms with Crippen LogP contribution in [0.25, 0.3) is 0 Å². The number of morpholine rings is 1. The van der Waals surface area contributed by atoms with Crippen molar-refractivity contribution >= 4 is 11.9 Å². The second kappa shape index (κ2) is 7.23. The van der Waals surface area contributed by atoms with E-state index in [1.807, 2.05) is 13.8 Å². The van der Waals surface area contributed by atoms with E-state index in [1.165, 1.54) is 0 Å². The maximum Gasteiger partial charge on any atom is 0.323 e. The van der Waals surface area contributed by atoms with E-state index in [0.717, 1.165) is 26.1 Å². The Labute approximate surface area is 119 Å². The summed E-state index contributed by atoms with van der Waals surface area (Å²) in [5, 5.41) is 3.18. The highest BCUT2D eigenvalue weighted by molar-refractivity contribution is 5.38. The van der Waals surface area contributed by atoms with E-state index < -0.39 is 0 Å². The van der Waals surface area contributed by atoms with Gasteiger partial charge in [0.2, 0.25) is 11.9 Å². The van der Waals surface area contributed by atoms with Gasteiger partial charge in [0.05, 0.1) is 19.3 Å². The summed E-state index contributed by atoms with van der Waals surface area (Å²) < 4.78 is 11.0. The molecule has 7 nitrogen and oxygen atoms in total. The van der Waals surface area contributed by atoms with Gasteiger partial charge >= 0.3 is 6.01 Å². The molecule has 1 aliphatic heterocycles. The summed E-state index contributed by atoms with van der Waals surface area (Å²) >= 11 is 0. The monoisotopic (exact) mass is 281 g/mol. The fourth-order valence-corrected chi connectivity index (χ4v) is 2.00. The van der Waals surface area contributed by atoms with Crippen molar-refractivity contribution in [1.29, 1.82) is 0 Å². The van der Waals surface area contributed by atoms with E-state index in [0.29, 0.717) is 31.1 Å². The first-order chi connectivity index (χ1) is 9.72. The molecule has 1 aromatic rings. The molecule has 0 radical (unpaired) electrons. The molecule has 1 unspecified atom stereocenters. The van der Waals surface area contributed by atoms with E-state index in [1.54, 1.807) is 0 Å². The summed E-state index contributed by atoms with van der Waals surface area (Å²) in [6, 6.07) is 0.371. The lowest BCUT2D eigenvalue weighted by Gasteiger charge is -2.31. The maximum atomic E-state index is 5.54. The molecule has 0 aromatic carbocycles. The van der Waals surface area contributed by atoms with Crippen molar-refractivity contribution in [3.8, 4) is 6.01 Å². The van der Waals surface area contributed by atoms with Crippen LogP contribution in [0.4, 0.5) is 11.9 Å². The minimum absolute atomic E-state index is 0.183. The Morgan fingerprint density at radius 2 is 2.20 bits per heavy atom. The predicted octanol–water partition coefficient (Wildman–Crippen LogP) is 1.32. The summed E-state index contributed by atoms with van der Waals surface area (Å²) in [6.07, 6.45) is 1.20. The molecule has 2 rings (SSSR count). The fraction of sp³-hybridized carbons (Fsp3) is 0.769. The highest BCUT2D eigenvalue weighted by Gasteiger charge is 2.20. The van der Waals surface area contributed by atoms with Crippen LogP contribution in [-0.4, -0.2) is 53.9 Å². The molecule has 0 bridgehead atoms. The van der Waals surface area contributed by atoms with Crippen molar-refractivity contribution in [2.45, 2.75) is 33.3 Å². The number of hydrogen-bond donors (Lipinski definition) is 1. The molecule has 1 saturated heterocycles. The van der Waals surface area contributed by atoms with Gasteiger partial charge in [-0.05, 0) is 20.3 Å². The Bertz CT molecular complexity index is 429. The lowest BCUT2D eigenvalue weighted by molar-refractivity contribution is 0.0525. The average Bonchev–Trinajstić information content (AvgIpc) is 2.45. The maximum absolute atomic E-state index is 5.54. The lowest BCUT2D eigenvalue weighted by Crippen LogP contribution is -2.42. The summed E-state index contributed by atoms with van der Waals surface area (Å²) in [7, 11) is 0. The van der Waals surface area contributed by atoms with Crippen LogP contribution in [-0.2, 0) is 4.74 Å². The first-order valence-corrected chi connectivity index (χ1v) is 7.22. The third-order valence-electron chi connectivity index (χ3n) is 2.93. The van der Waals surface area contributed by atoms with Gasteiger partial charge in [0.1, 0.15) is 0 Å². The zero-order valence-electron chi connectivity index (χ0n) is 12.4. The Morgan fingerprint density at radius 3 is 2.90 bits per heavy atom. The number of ether oxygens (including phenoxy) is 2. The van der Waals surface area contributed by atoms with Crippen LogP contribution in [0.3, 0.4) is 0 Å². The first-order valence-electron chi connectivity index (χ1n) is 7.22. The molecule has 0 spiro atoms. The van der Waals surface area contributed by atoms with E-state index in [4.69, 9.17) is 9.47 Å². The molecule has 0 amide bonds. The summed E-state index contributed by atoms with van der Waals surface area (Å²) in [5.74, 6) is 1.22. The third-order valence-corrected chi connectivity index (χ3v) is 2.93. The van der Waals surface area contributed by atoms with Crippen LogP contribution >= 0.6 is 0 Å². The van der Waals surface area contributed by atoms with Crippen molar-refractivity contribution in [2.24, 2.45) is 0 Å². The fourth-order valence-electron chi connectivity index (χ4n) is 2.00. The van der Waals surface area contributed by atoms with Crippen molar-refractivity contribution < 1.29 is 9.47 Å². The molecule has 1 fully saturated rings. The van der Waals surface area contributed by atoms with Crippen molar-refractivity contribution in [1.82, 2.24) is 15.0 Å². The van der Waals surface area contributed by atoms with Crippen molar-refractivity contribution in [2.75, 3.05) is 43.1 Å². The predicted molar refractivity (Wildman–Crippen MR) is 77.4 cm³/mol. The first kappa shape index (κ1) is 14.8. The summed E-state index contributed by atoms with van der Waals surface area (Å²) in [6.45, 7) is 9.68. The van der Waals surface area contributed by atoms with E-state index >= 15 is 0 Å². The number of nitrogens with zero attached hydrogens (tertiary/aromatic N) is 4. The number of rotatable bonds is 6. The molecule has 0 aliphatic carbocycles. The van der Waals surface area contributed by atoms with Gasteiger partial charge in [-0.15, -0.1) is 0 Å². The lowest BCUT2D eigenvalue weighted by atomic mass is 10.3. The molecule has 7 heteroatoms. The Kier molecular flexibility index (Phi) is 5.34. The van der Waals surface area contributed by atoms with Crippen LogP contribution < -0.4 is 15.0 Å². The Balaban J connectivity index is 2.18. The van der Waals surface area contributed by atoms with Crippen LogP contribution in [0.1, 0.15) is 27.2 Å². The average molecular weight is 281 g/mol.